The molecule has 6 aliphatic rings. The van der Waals surface area contributed by atoms with Gasteiger partial charge < -0.3 is 5.32 Å². The van der Waals surface area contributed by atoms with Crippen LogP contribution in [0.2, 0.25) is 0 Å². The van der Waals surface area contributed by atoms with Gasteiger partial charge in [-0.05, 0) is 47.6 Å². The first kappa shape index (κ1) is 17.3. The monoisotopic (exact) mass is 536 g/mol. The molecule has 0 bridgehead atoms. The Labute approximate surface area is 186 Å². The fourth-order valence-electron chi connectivity index (χ4n) is 7.99. The number of alkyl halides is 4. The van der Waals surface area contributed by atoms with Crippen molar-refractivity contribution in [2.45, 2.75) is 15.0 Å². The summed E-state index contributed by atoms with van der Waals surface area (Å²) < 4.78 is 41.2. The summed E-state index contributed by atoms with van der Waals surface area (Å²) in [7, 11) is 0. The van der Waals surface area contributed by atoms with Crippen molar-refractivity contribution in [2.75, 3.05) is 5.32 Å². The SMILES string of the molecule is O=C(Nc1ccnc(C(F)(F)F)c1)c1cncc2nnc(C34C5C6C3C3C4C5C63I)n12. The van der Waals surface area contributed by atoms with E-state index in [1.54, 1.807) is 10.6 Å². The van der Waals surface area contributed by atoms with Gasteiger partial charge >= 0.3 is 6.18 Å². The second-order valence-electron chi connectivity index (χ2n) is 9.31. The summed E-state index contributed by atoms with van der Waals surface area (Å²) in [5, 5.41) is 11.3. The molecule has 6 saturated carbocycles. The van der Waals surface area contributed by atoms with E-state index in [0.29, 0.717) is 26.8 Å². The van der Waals surface area contributed by atoms with Gasteiger partial charge in [0.05, 0.1) is 12.4 Å². The number of pyridine rings is 1. The van der Waals surface area contributed by atoms with Crippen molar-refractivity contribution in [3.8, 4) is 0 Å². The van der Waals surface area contributed by atoms with E-state index >= 15 is 0 Å². The number of carbonyl (C=O) groups excluding carboxylic acids is 1. The third kappa shape index (κ3) is 1.49. The molecule has 31 heavy (non-hydrogen) atoms. The van der Waals surface area contributed by atoms with Crippen LogP contribution in [0.5, 0.6) is 0 Å². The van der Waals surface area contributed by atoms with Gasteiger partial charge in [0.15, 0.2) is 5.65 Å². The van der Waals surface area contributed by atoms with Crippen molar-refractivity contribution in [1.29, 1.82) is 0 Å². The predicted octanol–water partition coefficient (Wildman–Crippen LogP) is 2.97. The van der Waals surface area contributed by atoms with E-state index in [0.717, 1.165) is 35.8 Å². The van der Waals surface area contributed by atoms with Crippen LogP contribution in [0.3, 0.4) is 0 Å². The highest BCUT2D eigenvalue weighted by Crippen LogP contribution is 3.08. The van der Waals surface area contributed by atoms with Gasteiger partial charge in [0.2, 0.25) is 0 Å². The molecule has 3 heterocycles. The van der Waals surface area contributed by atoms with Gasteiger partial charge in [-0.25, -0.2) is 0 Å². The fraction of sp³-hybridized carbons (Fsp3) is 0.450. The molecule has 0 unspecified atom stereocenters. The molecule has 0 spiro atoms. The maximum absolute atomic E-state index is 13.1. The summed E-state index contributed by atoms with van der Waals surface area (Å²) >= 11 is 2.66. The van der Waals surface area contributed by atoms with Gasteiger partial charge in [-0.2, -0.15) is 13.2 Å². The molecule has 3 aromatic rings. The number of carbonyl (C=O) groups is 1. The van der Waals surface area contributed by atoms with Gasteiger partial charge in [-0.1, -0.05) is 22.6 Å². The molecule has 0 radical (unpaired) electrons. The average molecular weight is 536 g/mol. The second-order valence-corrected chi connectivity index (χ2v) is 11.2. The largest absolute Gasteiger partial charge is 0.433 e. The second kappa shape index (κ2) is 4.71. The van der Waals surface area contributed by atoms with Crippen LogP contribution in [0.1, 0.15) is 22.0 Å². The molecule has 11 heteroatoms. The van der Waals surface area contributed by atoms with Crippen molar-refractivity contribution in [1.82, 2.24) is 24.6 Å². The molecular formula is C20H12F3IN6O. The number of rotatable bonds is 3. The molecule has 0 saturated heterocycles. The van der Waals surface area contributed by atoms with Crippen LogP contribution >= 0.6 is 22.6 Å². The van der Waals surface area contributed by atoms with E-state index < -0.39 is 17.8 Å². The molecule has 0 atom stereocenters. The summed E-state index contributed by atoms with van der Waals surface area (Å²) in [6.07, 6.45) is -0.590. The zero-order chi connectivity index (χ0) is 21.1. The van der Waals surface area contributed by atoms with E-state index in [-0.39, 0.29) is 16.8 Å². The number of hydrogen-bond acceptors (Lipinski definition) is 5. The summed E-state index contributed by atoms with van der Waals surface area (Å²) in [5.41, 5.74) is -0.315. The lowest BCUT2D eigenvalue weighted by atomic mass is 8.96. The van der Waals surface area contributed by atoms with Crippen LogP contribution < -0.4 is 5.32 Å². The predicted molar refractivity (Wildman–Crippen MR) is 107 cm³/mol. The lowest BCUT2D eigenvalue weighted by Gasteiger charge is -3.09. The lowest BCUT2D eigenvalue weighted by molar-refractivity contribution is -0.557. The summed E-state index contributed by atoms with van der Waals surface area (Å²) in [4.78, 5) is 20.5. The topological polar surface area (TPSA) is 85.1 Å². The van der Waals surface area contributed by atoms with E-state index in [4.69, 9.17) is 0 Å². The van der Waals surface area contributed by atoms with E-state index in [1.807, 2.05) is 0 Å². The Bertz CT molecular complexity index is 1310. The Balaban J connectivity index is 1.18. The first-order valence-electron chi connectivity index (χ1n) is 10.0. The van der Waals surface area contributed by atoms with Gasteiger partial charge in [-0.15, -0.1) is 10.2 Å². The molecule has 156 valence electrons. The first-order valence-corrected chi connectivity index (χ1v) is 11.1. The van der Waals surface area contributed by atoms with Gasteiger partial charge in [0, 0.05) is 20.7 Å². The highest BCUT2D eigenvalue weighted by molar-refractivity contribution is 14.1. The number of amides is 1. The van der Waals surface area contributed by atoms with Crippen LogP contribution in [0, 0.1) is 35.5 Å². The summed E-state index contributed by atoms with van der Waals surface area (Å²) in [5.74, 6) is 4.50. The Hall–Kier alpha value is -2.31. The standard InChI is InChI=1S/C20H12F3IN6O/c21-20(22,23)8-3-6(1-2-26-8)27-16(31)7-4-25-5-9-28-29-17(30(7)9)18-10-13-11(18)15-12(18)14(10)19(13,15)24/h1-5,10-15H,(H,26,27,31). The van der Waals surface area contributed by atoms with Crippen molar-refractivity contribution in [3.05, 3.63) is 47.9 Å². The zero-order valence-electron chi connectivity index (χ0n) is 15.5. The highest BCUT2D eigenvalue weighted by atomic mass is 127. The molecule has 9 rings (SSSR count). The Kier molecular flexibility index (Phi) is 2.63. The Morgan fingerprint density at radius 1 is 1.10 bits per heavy atom. The van der Waals surface area contributed by atoms with E-state index in [1.165, 1.54) is 12.3 Å². The molecule has 1 amide bonds. The number of aromatic nitrogens is 5. The van der Waals surface area contributed by atoms with Crippen molar-refractivity contribution in [2.24, 2.45) is 35.5 Å². The number of halogens is 4. The van der Waals surface area contributed by atoms with Crippen LogP contribution in [0.25, 0.3) is 5.65 Å². The van der Waals surface area contributed by atoms with Crippen LogP contribution in [-0.4, -0.2) is 33.9 Å². The fourth-order valence-corrected chi connectivity index (χ4v) is 10.3. The molecule has 3 aromatic heterocycles. The van der Waals surface area contributed by atoms with Crippen LogP contribution in [0.4, 0.5) is 18.9 Å². The summed E-state index contributed by atoms with van der Waals surface area (Å²) in [6.45, 7) is 0. The van der Waals surface area contributed by atoms with Gasteiger partial charge in [0.1, 0.15) is 17.2 Å². The van der Waals surface area contributed by atoms with E-state index in [2.05, 4.69) is 48.1 Å². The maximum Gasteiger partial charge on any atom is 0.433 e. The minimum atomic E-state index is -4.59. The molecular weight excluding hydrogens is 524 g/mol. The van der Waals surface area contributed by atoms with Crippen molar-refractivity contribution >= 4 is 39.8 Å². The number of nitrogens with zero attached hydrogens (tertiary/aromatic N) is 5. The average Bonchev–Trinajstić information content (AvgIpc) is 3.18. The summed E-state index contributed by atoms with van der Waals surface area (Å²) in [6, 6.07) is 2.14. The minimum absolute atomic E-state index is 0.0160. The third-order valence-corrected chi connectivity index (χ3v) is 10.9. The van der Waals surface area contributed by atoms with Gasteiger partial charge in [0.25, 0.3) is 5.91 Å². The number of anilines is 1. The van der Waals surface area contributed by atoms with Crippen LogP contribution in [-0.2, 0) is 11.6 Å². The number of hydrogen-bond donors (Lipinski definition) is 1. The molecule has 0 aliphatic heterocycles. The van der Waals surface area contributed by atoms with E-state index in [9.17, 15) is 18.0 Å². The number of nitrogens with one attached hydrogen (secondary N) is 1. The Morgan fingerprint density at radius 3 is 2.48 bits per heavy atom. The third-order valence-electron chi connectivity index (χ3n) is 8.75. The smallest absolute Gasteiger partial charge is 0.321 e. The number of fused-ring (bicyclic) bond motifs is 1. The van der Waals surface area contributed by atoms with Gasteiger partial charge in [-0.3, -0.25) is 19.2 Å². The molecule has 1 N–H and O–H groups in total. The maximum atomic E-state index is 13.1. The van der Waals surface area contributed by atoms with Crippen molar-refractivity contribution in [3.63, 3.8) is 0 Å². The van der Waals surface area contributed by atoms with Crippen molar-refractivity contribution < 1.29 is 18.0 Å². The quantitative estimate of drug-likeness (QED) is 0.411. The first-order chi connectivity index (χ1) is 14.8. The minimum Gasteiger partial charge on any atom is -0.321 e. The lowest BCUT2D eigenvalue weighted by Crippen LogP contribution is -3.12. The molecule has 6 fully saturated rings. The zero-order valence-corrected chi connectivity index (χ0v) is 17.7. The normalized spacial score (nSPS) is 41.9. The van der Waals surface area contributed by atoms with Crippen LogP contribution in [0.15, 0.2) is 30.7 Å². The molecule has 6 aliphatic carbocycles. The molecule has 0 aromatic carbocycles. The highest BCUT2D eigenvalue weighted by Gasteiger charge is 3.10. The molecule has 7 nitrogen and oxygen atoms in total. The Morgan fingerprint density at radius 2 is 1.81 bits per heavy atom.